The Morgan fingerprint density at radius 2 is 1.55 bits per heavy atom. The van der Waals surface area contributed by atoms with Gasteiger partial charge < -0.3 is 9.47 Å². The van der Waals surface area contributed by atoms with Gasteiger partial charge in [0.2, 0.25) is 0 Å². The van der Waals surface area contributed by atoms with Crippen LogP contribution >= 0.6 is 0 Å². The zero-order valence-corrected chi connectivity index (χ0v) is 12.5. The predicted octanol–water partition coefficient (Wildman–Crippen LogP) is 3.63. The second kappa shape index (κ2) is 6.84. The Labute approximate surface area is 120 Å². The predicted molar refractivity (Wildman–Crippen MR) is 82.6 cm³/mol. The summed E-state index contributed by atoms with van der Waals surface area (Å²) in [5.41, 5.74) is 1.03. The first-order valence-corrected chi connectivity index (χ1v) is 7.28. The molecule has 2 aromatic carbocycles. The molecule has 108 valence electrons. The van der Waals surface area contributed by atoms with Crippen molar-refractivity contribution in [3.8, 4) is 0 Å². The van der Waals surface area contributed by atoms with Crippen molar-refractivity contribution in [2.45, 2.75) is 26.7 Å². The van der Waals surface area contributed by atoms with Crippen LogP contribution in [0.15, 0.2) is 42.5 Å². The lowest BCUT2D eigenvalue weighted by Gasteiger charge is -2.34. The fourth-order valence-corrected chi connectivity index (χ4v) is 2.55. The summed E-state index contributed by atoms with van der Waals surface area (Å²) >= 11 is 0. The van der Waals surface area contributed by atoms with Crippen LogP contribution in [-0.2, 0) is 15.4 Å². The van der Waals surface area contributed by atoms with Crippen molar-refractivity contribution in [3.05, 3.63) is 48.0 Å². The van der Waals surface area contributed by atoms with Crippen LogP contribution in [0.4, 0.5) is 0 Å². The minimum Gasteiger partial charge on any atom is -0.334 e. The zero-order chi connectivity index (χ0) is 14.4. The van der Waals surface area contributed by atoms with Gasteiger partial charge in [-0.1, -0.05) is 49.4 Å². The summed E-state index contributed by atoms with van der Waals surface area (Å²) in [6.07, 6.45) is 0. The van der Waals surface area contributed by atoms with Crippen molar-refractivity contribution in [3.63, 3.8) is 0 Å². The molecule has 20 heavy (non-hydrogen) atoms. The van der Waals surface area contributed by atoms with Crippen LogP contribution in [0.1, 0.15) is 26.3 Å². The van der Waals surface area contributed by atoms with Crippen LogP contribution in [0.3, 0.4) is 0 Å². The lowest BCUT2D eigenvalue weighted by Crippen LogP contribution is -2.47. The highest BCUT2D eigenvalue weighted by molar-refractivity contribution is 5.86. The summed E-state index contributed by atoms with van der Waals surface area (Å²) in [7, 11) is 0. The van der Waals surface area contributed by atoms with Crippen molar-refractivity contribution in [1.29, 1.82) is 0 Å². The average Bonchev–Trinajstić information content (AvgIpc) is 2.47. The van der Waals surface area contributed by atoms with Gasteiger partial charge in [-0.15, -0.1) is 0 Å². The molecule has 0 spiro atoms. The molecule has 0 amide bonds. The first-order chi connectivity index (χ1) is 9.77. The molecule has 0 atom stereocenters. The summed E-state index contributed by atoms with van der Waals surface area (Å²) in [4.78, 5) is 0. The first-order valence-electron chi connectivity index (χ1n) is 7.28. The number of rotatable bonds is 7. The van der Waals surface area contributed by atoms with Crippen molar-refractivity contribution < 1.29 is 9.47 Å². The highest BCUT2D eigenvalue weighted by Gasteiger charge is 2.34. The molecule has 0 aliphatic heterocycles. The second-order valence-corrected chi connectivity index (χ2v) is 4.54. The third-order valence-electron chi connectivity index (χ3n) is 3.25. The van der Waals surface area contributed by atoms with Gasteiger partial charge in [-0.25, -0.2) is 0 Å². The van der Waals surface area contributed by atoms with Gasteiger partial charge >= 0.3 is 0 Å². The summed E-state index contributed by atoms with van der Waals surface area (Å²) in [6, 6.07) is 14.5. The van der Waals surface area contributed by atoms with Gasteiger partial charge in [-0.3, -0.25) is 5.32 Å². The average molecular weight is 273 g/mol. The molecule has 3 heteroatoms. The molecule has 0 fully saturated rings. The fourth-order valence-electron chi connectivity index (χ4n) is 2.55. The van der Waals surface area contributed by atoms with E-state index in [-0.39, 0.29) is 0 Å². The van der Waals surface area contributed by atoms with Crippen LogP contribution in [0.5, 0.6) is 0 Å². The maximum Gasteiger partial charge on any atom is 0.256 e. The topological polar surface area (TPSA) is 30.5 Å². The molecule has 1 N–H and O–H groups in total. The van der Waals surface area contributed by atoms with Gasteiger partial charge in [0.25, 0.3) is 5.91 Å². The Hall–Kier alpha value is -1.42. The minimum absolute atomic E-state index is 0.580. The SMILES string of the molecule is CCNC(OCC)(OCC)c1cccc2ccccc12. The molecule has 3 nitrogen and oxygen atoms in total. The largest absolute Gasteiger partial charge is 0.334 e. The Balaban J connectivity index is 2.60. The van der Waals surface area contributed by atoms with Gasteiger partial charge in [-0.2, -0.15) is 0 Å². The van der Waals surface area contributed by atoms with Crippen molar-refractivity contribution in [1.82, 2.24) is 5.32 Å². The van der Waals surface area contributed by atoms with E-state index in [2.05, 4.69) is 36.5 Å². The molecule has 0 radical (unpaired) electrons. The van der Waals surface area contributed by atoms with E-state index in [9.17, 15) is 0 Å². The van der Waals surface area contributed by atoms with E-state index in [0.717, 1.165) is 17.5 Å². The Kier molecular flexibility index (Phi) is 5.12. The normalized spacial score (nSPS) is 11.9. The van der Waals surface area contributed by atoms with E-state index >= 15 is 0 Å². The Bertz CT molecular complexity index is 531. The second-order valence-electron chi connectivity index (χ2n) is 4.54. The molecule has 0 heterocycles. The highest BCUT2D eigenvalue weighted by atomic mass is 16.7. The maximum absolute atomic E-state index is 5.97. The highest BCUT2D eigenvalue weighted by Crippen LogP contribution is 2.31. The number of hydrogen-bond acceptors (Lipinski definition) is 3. The summed E-state index contributed by atoms with van der Waals surface area (Å²) in [5, 5.41) is 5.70. The fraction of sp³-hybridized carbons (Fsp3) is 0.412. The molecular formula is C17H23NO2. The number of nitrogens with one attached hydrogen (secondary N) is 1. The molecule has 0 bridgehead atoms. The molecule has 0 aliphatic carbocycles. The van der Waals surface area contributed by atoms with E-state index in [0.29, 0.717) is 13.2 Å². The Morgan fingerprint density at radius 3 is 2.20 bits per heavy atom. The molecule has 0 saturated carbocycles. The van der Waals surface area contributed by atoms with Crippen molar-refractivity contribution in [2.75, 3.05) is 19.8 Å². The Morgan fingerprint density at radius 1 is 0.900 bits per heavy atom. The number of fused-ring (bicyclic) bond motifs is 1. The molecule has 0 unspecified atom stereocenters. The number of ether oxygens (including phenoxy) is 2. The number of hydrogen-bond donors (Lipinski definition) is 1. The molecule has 0 aliphatic rings. The summed E-state index contributed by atoms with van der Waals surface area (Å²) in [5.74, 6) is -0.876. The van der Waals surface area contributed by atoms with E-state index < -0.39 is 5.91 Å². The van der Waals surface area contributed by atoms with Gasteiger partial charge in [-0.05, 0) is 31.2 Å². The first kappa shape index (κ1) is 15.0. The molecule has 2 aromatic rings. The molecule has 0 saturated heterocycles. The van der Waals surface area contributed by atoms with Crippen LogP contribution in [0.25, 0.3) is 10.8 Å². The van der Waals surface area contributed by atoms with Gasteiger partial charge in [0.1, 0.15) is 0 Å². The zero-order valence-electron chi connectivity index (χ0n) is 12.5. The van der Waals surface area contributed by atoms with Crippen molar-refractivity contribution >= 4 is 10.8 Å². The van der Waals surface area contributed by atoms with Gasteiger partial charge in [0.05, 0.1) is 0 Å². The summed E-state index contributed by atoms with van der Waals surface area (Å²) in [6.45, 7) is 7.94. The third-order valence-corrected chi connectivity index (χ3v) is 3.25. The monoisotopic (exact) mass is 273 g/mol. The van der Waals surface area contributed by atoms with E-state index in [1.54, 1.807) is 0 Å². The van der Waals surface area contributed by atoms with Crippen molar-refractivity contribution in [2.24, 2.45) is 0 Å². The van der Waals surface area contributed by atoms with Gasteiger partial charge in [0, 0.05) is 18.8 Å². The van der Waals surface area contributed by atoms with E-state index in [1.165, 1.54) is 5.39 Å². The summed E-state index contributed by atoms with van der Waals surface area (Å²) < 4.78 is 11.9. The van der Waals surface area contributed by atoms with Crippen LogP contribution in [0.2, 0.25) is 0 Å². The molecular weight excluding hydrogens is 250 g/mol. The third kappa shape index (κ3) is 2.85. The molecule has 2 rings (SSSR count). The van der Waals surface area contributed by atoms with E-state index in [4.69, 9.17) is 9.47 Å². The smallest absolute Gasteiger partial charge is 0.256 e. The maximum atomic E-state index is 5.97. The number of benzene rings is 2. The van der Waals surface area contributed by atoms with Gasteiger partial charge in [0.15, 0.2) is 0 Å². The van der Waals surface area contributed by atoms with Crippen LogP contribution in [-0.4, -0.2) is 19.8 Å². The standard InChI is InChI=1S/C17H23NO2/c1-4-18-17(19-5-2,20-6-3)16-13-9-11-14-10-7-8-12-15(14)16/h7-13,18H,4-6H2,1-3H3. The lowest BCUT2D eigenvalue weighted by molar-refractivity contribution is -0.261. The lowest BCUT2D eigenvalue weighted by atomic mass is 10.0. The van der Waals surface area contributed by atoms with E-state index in [1.807, 2.05) is 32.0 Å². The van der Waals surface area contributed by atoms with Crippen LogP contribution in [0, 0.1) is 0 Å². The van der Waals surface area contributed by atoms with Crippen LogP contribution < -0.4 is 5.32 Å². The minimum atomic E-state index is -0.876. The quantitative estimate of drug-likeness (QED) is 0.781. The molecule has 0 aromatic heterocycles.